The normalized spacial score (nSPS) is 9.07. The Bertz CT molecular complexity index is 447. The smallest absolute Gasteiger partial charge is 0.289 e. The van der Waals surface area contributed by atoms with E-state index in [1.54, 1.807) is 6.07 Å². The fourth-order valence-electron chi connectivity index (χ4n) is 0.972. The third-order valence-corrected chi connectivity index (χ3v) is 1.63. The van der Waals surface area contributed by atoms with E-state index in [1.807, 2.05) is 0 Å². The van der Waals surface area contributed by atoms with Gasteiger partial charge in [-0.05, 0) is 12.8 Å². The predicted octanol–water partition coefficient (Wildman–Crippen LogP) is 1.38. The highest BCUT2D eigenvalue weighted by Gasteiger charge is 2.16. The van der Waals surface area contributed by atoms with Gasteiger partial charge >= 0.3 is 0 Å². The van der Waals surface area contributed by atoms with Crippen LogP contribution in [0.25, 0.3) is 0 Å². The highest BCUT2D eigenvalue weighted by molar-refractivity contribution is 5.72. The largest absolute Gasteiger partial charge is 0.397 e. The van der Waals surface area contributed by atoms with Crippen LogP contribution in [0, 0.1) is 21.4 Å². The van der Waals surface area contributed by atoms with Crippen molar-refractivity contribution in [2.45, 2.75) is 0 Å². The van der Waals surface area contributed by atoms with Gasteiger partial charge in [-0.1, -0.05) is 0 Å². The van der Waals surface area contributed by atoms with Crippen molar-refractivity contribution in [2.75, 3.05) is 5.73 Å². The minimum absolute atomic E-state index is 0.0834. The van der Waals surface area contributed by atoms with E-state index in [2.05, 4.69) is 11.7 Å². The summed E-state index contributed by atoms with van der Waals surface area (Å²) >= 11 is 0. The maximum Gasteiger partial charge on any atom is 0.289 e. The molecule has 1 rings (SSSR count). The van der Waals surface area contributed by atoms with Crippen LogP contribution in [-0.4, -0.2) is 11.6 Å². The second-order valence-corrected chi connectivity index (χ2v) is 2.46. The molecule has 0 aliphatic rings. The van der Waals surface area contributed by atoms with Crippen LogP contribution in [0.3, 0.4) is 0 Å². The molecule has 0 spiro atoms. The van der Waals surface area contributed by atoms with E-state index in [4.69, 9.17) is 11.0 Å². The number of nitrogens with zero attached hydrogens (tertiary/aromatic N) is 3. The third-order valence-electron chi connectivity index (χ3n) is 1.63. The van der Waals surface area contributed by atoms with Crippen molar-refractivity contribution in [1.29, 1.82) is 5.26 Å². The molecule has 6 heteroatoms. The highest BCUT2D eigenvalue weighted by atomic mass is 16.6. The van der Waals surface area contributed by atoms with Crippen molar-refractivity contribution in [3.05, 3.63) is 27.8 Å². The maximum atomic E-state index is 10.5. The highest BCUT2D eigenvalue weighted by Crippen LogP contribution is 2.30. The molecule has 0 amide bonds. The van der Waals surface area contributed by atoms with E-state index in [0.29, 0.717) is 0 Å². The number of aliphatic imine (C=N–C) groups is 1. The van der Waals surface area contributed by atoms with Crippen molar-refractivity contribution in [2.24, 2.45) is 4.99 Å². The minimum Gasteiger partial charge on any atom is -0.397 e. The molecule has 0 aliphatic heterocycles. The molecule has 0 bridgehead atoms. The zero-order chi connectivity index (χ0) is 10.7. The Kier molecular flexibility index (Phi) is 2.44. The maximum absolute atomic E-state index is 10.5. The number of nitriles is 1. The number of rotatable bonds is 2. The molecule has 1 aromatic rings. The van der Waals surface area contributed by atoms with Crippen LogP contribution < -0.4 is 5.73 Å². The summed E-state index contributed by atoms with van der Waals surface area (Å²) < 4.78 is 0. The summed E-state index contributed by atoms with van der Waals surface area (Å²) in [6.45, 7) is 3.21. The summed E-state index contributed by atoms with van der Waals surface area (Å²) in [5.74, 6) is 0. The summed E-state index contributed by atoms with van der Waals surface area (Å²) in [6.07, 6.45) is 0. The van der Waals surface area contributed by atoms with E-state index < -0.39 is 4.92 Å². The molecule has 0 unspecified atom stereocenters. The standard InChI is InChI=1S/C8H6N4O2/c1-11-7-3-8(12(13)14)5(4-9)2-6(7)10/h2-3H,1,10H2. The van der Waals surface area contributed by atoms with Crippen LogP contribution in [0.5, 0.6) is 0 Å². The van der Waals surface area contributed by atoms with Gasteiger partial charge in [-0.3, -0.25) is 15.1 Å². The molecule has 70 valence electrons. The van der Waals surface area contributed by atoms with Crippen molar-refractivity contribution >= 4 is 23.8 Å². The van der Waals surface area contributed by atoms with Crippen molar-refractivity contribution in [1.82, 2.24) is 0 Å². The van der Waals surface area contributed by atoms with Gasteiger partial charge in [0.25, 0.3) is 5.69 Å². The first kappa shape index (κ1) is 9.67. The van der Waals surface area contributed by atoms with Crippen LogP contribution in [0.15, 0.2) is 17.1 Å². The van der Waals surface area contributed by atoms with Gasteiger partial charge < -0.3 is 5.73 Å². The van der Waals surface area contributed by atoms with Gasteiger partial charge in [-0.15, -0.1) is 0 Å². The molecule has 1 aromatic carbocycles. The molecular formula is C8H6N4O2. The zero-order valence-corrected chi connectivity index (χ0v) is 7.10. The van der Waals surface area contributed by atoms with Crippen LogP contribution in [-0.2, 0) is 0 Å². The van der Waals surface area contributed by atoms with Crippen molar-refractivity contribution in [3.8, 4) is 6.07 Å². The lowest BCUT2D eigenvalue weighted by molar-refractivity contribution is -0.385. The number of anilines is 1. The summed E-state index contributed by atoms with van der Waals surface area (Å²) in [4.78, 5) is 13.4. The molecule has 0 saturated heterocycles. The van der Waals surface area contributed by atoms with Gasteiger partial charge in [-0.2, -0.15) is 5.26 Å². The fourth-order valence-corrected chi connectivity index (χ4v) is 0.972. The lowest BCUT2D eigenvalue weighted by Crippen LogP contribution is -1.95. The van der Waals surface area contributed by atoms with E-state index in [-0.39, 0.29) is 22.6 Å². The van der Waals surface area contributed by atoms with Gasteiger partial charge in [0.05, 0.1) is 16.3 Å². The Morgan fingerprint density at radius 3 is 2.71 bits per heavy atom. The number of nitro benzene ring substituents is 1. The van der Waals surface area contributed by atoms with Gasteiger partial charge in [0.15, 0.2) is 0 Å². The first-order valence-corrected chi connectivity index (χ1v) is 3.55. The number of nitrogen functional groups attached to an aromatic ring is 1. The lowest BCUT2D eigenvalue weighted by atomic mass is 10.1. The Labute approximate surface area is 79.4 Å². The number of hydrogen-bond acceptors (Lipinski definition) is 5. The lowest BCUT2D eigenvalue weighted by Gasteiger charge is -2.00. The average molecular weight is 190 g/mol. The van der Waals surface area contributed by atoms with Crippen LogP contribution in [0.1, 0.15) is 5.56 Å². The number of benzene rings is 1. The molecule has 0 fully saturated rings. The molecule has 14 heavy (non-hydrogen) atoms. The molecular weight excluding hydrogens is 184 g/mol. The van der Waals surface area contributed by atoms with Crippen molar-refractivity contribution in [3.63, 3.8) is 0 Å². The van der Waals surface area contributed by atoms with E-state index in [9.17, 15) is 10.1 Å². The summed E-state index contributed by atoms with van der Waals surface area (Å²) in [6, 6.07) is 4.02. The molecule has 0 saturated carbocycles. The second kappa shape index (κ2) is 3.53. The molecule has 6 nitrogen and oxygen atoms in total. The second-order valence-electron chi connectivity index (χ2n) is 2.46. The monoisotopic (exact) mass is 190 g/mol. The first-order chi connectivity index (χ1) is 6.60. The van der Waals surface area contributed by atoms with Gasteiger partial charge in [-0.25, -0.2) is 0 Å². The zero-order valence-electron chi connectivity index (χ0n) is 7.10. The number of nitro groups is 1. The third kappa shape index (κ3) is 1.51. The Balaban J connectivity index is 3.49. The quantitative estimate of drug-likeness (QED) is 0.329. The van der Waals surface area contributed by atoms with Crippen LogP contribution in [0.2, 0.25) is 0 Å². The van der Waals surface area contributed by atoms with E-state index in [0.717, 1.165) is 6.07 Å². The molecule has 0 aromatic heterocycles. The Hall–Kier alpha value is -2.42. The average Bonchev–Trinajstić information content (AvgIpc) is 2.16. The Morgan fingerprint density at radius 1 is 1.64 bits per heavy atom. The minimum atomic E-state index is -0.660. The summed E-state index contributed by atoms with van der Waals surface area (Å²) in [5.41, 5.74) is 5.47. The predicted molar refractivity (Wildman–Crippen MR) is 51.4 cm³/mol. The van der Waals surface area contributed by atoms with Gasteiger partial charge in [0, 0.05) is 6.07 Å². The molecule has 0 atom stereocenters. The SMILES string of the molecule is C=Nc1cc([N+](=O)[O-])c(C#N)cc1N. The van der Waals surface area contributed by atoms with Crippen LogP contribution in [0.4, 0.5) is 17.1 Å². The topological polar surface area (TPSA) is 105 Å². The number of nitrogens with two attached hydrogens (primary N) is 1. The summed E-state index contributed by atoms with van der Waals surface area (Å²) in [7, 11) is 0. The molecule has 2 N–H and O–H groups in total. The Morgan fingerprint density at radius 2 is 2.29 bits per heavy atom. The summed E-state index contributed by atoms with van der Waals surface area (Å²) in [5, 5.41) is 19.1. The van der Waals surface area contributed by atoms with Crippen LogP contribution >= 0.6 is 0 Å². The van der Waals surface area contributed by atoms with Gasteiger partial charge in [0.1, 0.15) is 11.6 Å². The van der Waals surface area contributed by atoms with E-state index in [1.165, 1.54) is 6.07 Å². The molecule has 0 aliphatic carbocycles. The fraction of sp³-hybridized carbons (Fsp3) is 0. The molecule has 0 heterocycles. The van der Waals surface area contributed by atoms with E-state index >= 15 is 0 Å². The molecule has 0 radical (unpaired) electrons. The van der Waals surface area contributed by atoms with Gasteiger partial charge in [0.2, 0.25) is 0 Å². The first-order valence-electron chi connectivity index (χ1n) is 3.55. The van der Waals surface area contributed by atoms with Crippen molar-refractivity contribution < 1.29 is 4.92 Å². The number of hydrogen-bond donors (Lipinski definition) is 1.